The lowest BCUT2D eigenvalue weighted by Gasteiger charge is -2.18. The van der Waals surface area contributed by atoms with Crippen molar-refractivity contribution in [2.24, 2.45) is 0 Å². The molecule has 0 N–H and O–H groups in total. The zero-order valence-electron chi connectivity index (χ0n) is 29.5. The van der Waals surface area contributed by atoms with Crippen LogP contribution in [0.1, 0.15) is 18.2 Å². The number of para-hydroxylation sites is 3. The highest BCUT2D eigenvalue weighted by atomic mass is 16.3. The van der Waals surface area contributed by atoms with E-state index in [0.29, 0.717) is 11.6 Å². The zero-order valence-corrected chi connectivity index (χ0v) is 29.5. The Balaban J connectivity index is 1.22. The van der Waals surface area contributed by atoms with Crippen molar-refractivity contribution in [1.29, 1.82) is 0 Å². The summed E-state index contributed by atoms with van der Waals surface area (Å²) in [6, 6.07) is 48.6. The first-order valence-corrected chi connectivity index (χ1v) is 18.6. The van der Waals surface area contributed by atoms with Gasteiger partial charge in [0.2, 0.25) is 0 Å². The van der Waals surface area contributed by atoms with E-state index in [0.717, 1.165) is 84.0 Å². The van der Waals surface area contributed by atoms with Crippen molar-refractivity contribution in [2.75, 3.05) is 0 Å². The Morgan fingerprint density at radius 1 is 0.491 bits per heavy atom. The lowest BCUT2D eigenvalue weighted by molar-refractivity contribution is 0.668. The molecule has 1 atom stereocenters. The summed E-state index contributed by atoms with van der Waals surface area (Å²) >= 11 is 0. The molecule has 6 nitrogen and oxygen atoms in total. The van der Waals surface area contributed by atoms with E-state index in [9.17, 15) is 0 Å². The fourth-order valence-corrected chi connectivity index (χ4v) is 8.64. The smallest absolute Gasteiger partial charge is 0.165 e. The number of nitrogens with zero attached hydrogens (tertiary/aromatic N) is 4. The second kappa shape index (κ2) is 11.6. The summed E-state index contributed by atoms with van der Waals surface area (Å²) in [7, 11) is 0. The third kappa shape index (κ3) is 4.52. The standard InChI is InChI=1S/C49H30N4O2/c1-2-13-29(14-3-1)47-50-48(35-20-12-24-42-44(35)33-18-7-10-22-40(33)54-42)52-49(51-47)36-25-26-43-45(34-19-8-11-23-41(34)55-43)46(36)53-38-21-9-6-17-32(38)37-27-30-15-4-5-16-31(30)28-39(37)53/h1-13,15-29H,14H2. The number of hydrogen-bond acceptors (Lipinski definition) is 5. The van der Waals surface area contributed by atoms with Gasteiger partial charge >= 0.3 is 0 Å². The zero-order chi connectivity index (χ0) is 36.0. The first-order chi connectivity index (χ1) is 27.3. The minimum Gasteiger partial charge on any atom is -0.456 e. The molecule has 1 unspecified atom stereocenters. The van der Waals surface area contributed by atoms with Gasteiger partial charge < -0.3 is 13.4 Å². The van der Waals surface area contributed by atoms with Crippen LogP contribution in [0, 0.1) is 0 Å². The molecule has 0 saturated carbocycles. The van der Waals surface area contributed by atoms with Crippen molar-refractivity contribution in [1.82, 2.24) is 19.5 Å². The van der Waals surface area contributed by atoms with Gasteiger partial charge in [0.25, 0.3) is 0 Å². The Bertz CT molecular complexity index is 3430. The molecule has 1 aliphatic rings. The highest BCUT2D eigenvalue weighted by molar-refractivity contribution is 6.18. The van der Waals surface area contributed by atoms with E-state index in [1.54, 1.807) is 0 Å². The minimum atomic E-state index is -0.00710. The Morgan fingerprint density at radius 2 is 1.15 bits per heavy atom. The third-order valence-corrected chi connectivity index (χ3v) is 11.1. The SMILES string of the molecule is C1=CCC(c2nc(-c3ccc4oc5ccccc5c4c3-n3c4ccccc4c4cc5ccccc5cc43)nc(-c3cccc4oc5ccccc5c34)n2)C=C1. The fraction of sp³-hybridized carbons (Fsp3) is 0.0408. The predicted octanol–water partition coefficient (Wildman–Crippen LogP) is 12.9. The summed E-state index contributed by atoms with van der Waals surface area (Å²) in [4.78, 5) is 16.0. The van der Waals surface area contributed by atoms with Crippen molar-refractivity contribution in [3.63, 3.8) is 0 Å². The van der Waals surface area contributed by atoms with E-state index >= 15 is 0 Å². The maximum Gasteiger partial charge on any atom is 0.165 e. The summed E-state index contributed by atoms with van der Waals surface area (Å²) in [6.07, 6.45) is 9.33. The van der Waals surface area contributed by atoms with Gasteiger partial charge in [-0.25, -0.2) is 15.0 Å². The van der Waals surface area contributed by atoms with Gasteiger partial charge in [-0.2, -0.15) is 0 Å². The molecule has 1 aliphatic carbocycles. The van der Waals surface area contributed by atoms with Crippen LogP contribution in [0.2, 0.25) is 0 Å². The minimum absolute atomic E-state index is 0.00710. The monoisotopic (exact) mass is 706 g/mol. The second-order valence-corrected chi connectivity index (χ2v) is 14.3. The molecule has 6 heteroatoms. The molecule has 0 radical (unpaired) electrons. The lowest BCUT2D eigenvalue weighted by atomic mass is 9.99. The van der Waals surface area contributed by atoms with Gasteiger partial charge in [-0.15, -0.1) is 0 Å². The van der Waals surface area contributed by atoms with Crippen LogP contribution in [0.25, 0.3) is 105 Å². The molecule has 0 spiro atoms. The first-order valence-electron chi connectivity index (χ1n) is 18.6. The van der Waals surface area contributed by atoms with Crippen LogP contribution < -0.4 is 0 Å². The van der Waals surface area contributed by atoms with E-state index in [4.69, 9.17) is 23.8 Å². The quantitative estimate of drug-likeness (QED) is 0.182. The van der Waals surface area contributed by atoms with Gasteiger partial charge in [-0.05, 0) is 65.7 Å². The van der Waals surface area contributed by atoms with Crippen LogP contribution in [0.15, 0.2) is 173 Å². The molecule has 55 heavy (non-hydrogen) atoms. The van der Waals surface area contributed by atoms with E-state index in [2.05, 4.69) is 126 Å². The molecule has 0 fully saturated rings. The number of aromatic nitrogens is 4. The van der Waals surface area contributed by atoms with Gasteiger partial charge in [0.05, 0.1) is 22.1 Å². The van der Waals surface area contributed by atoms with Crippen molar-refractivity contribution in [3.8, 4) is 28.5 Å². The van der Waals surface area contributed by atoms with Crippen molar-refractivity contribution in [2.45, 2.75) is 12.3 Å². The van der Waals surface area contributed by atoms with Crippen molar-refractivity contribution in [3.05, 3.63) is 170 Å². The molecule has 12 rings (SSSR count). The van der Waals surface area contributed by atoms with Crippen LogP contribution >= 0.6 is 0 Å². The summed E-state index contributed by atoms with van der Waals surface area (Å²) in [5.74, 6) is 1.92. The topological polar surface area (TPSA) is 69.9 Å². The van der Waals surface area contributed by atoms with Crippen LogP contribution in [0.5, 0.6) is 0 Å². The Kier molecular flexibility index (Phi) is 6.36. The number of hydrogen-bond donors (Lipinski definition) is 0. The summed E-state index contributed by atoms with van der Waals surface area (Å²) in [6.45, 7) is 0. The molecule has 0 saturated heterocycles. The van der Waals surface area contributed by atoms with Gasteiger partial charge in [-0.3, -0.25) is 0 Å². The highest BCUT2D eigenvalue weighted by Gasteiger charge is 2.26. The molecule has 0 bridgehead atoms. The van der Waals surface area contributed by atoms with E-state index < -0.39 is 0 Å². The van der Waals surface area contributed by atoms with Crippen molar-refractivity contribution >= 4 is 76.5 Å². The second-order valence-electron chi connectivity index (χ2n) is 14.3. The fourth-order valence-electron chi connectivity index (χ4n) is 8.64. The number of benzene rings is 7. The molecule has 11 aromatic rings. The molecule has 258 valence electrons. The van der Waals surface area contributed by atoms with Gasteiger partial charge in [0.1, 0.15) is 28.2 Å². The van der Waals surface area contributed by atoms with E-state index in [1.807, 2.05) is 42.5 Å². The predicted molar refractivity (Wildman–Crippen MR) is 223 cm³/mol. The van der Waals surface area contributed by atoms with Gasteiger partial charge in [0.15, 0.2) is 11.6 Å². The van der Waals surface area contributed by atoms with Crippen LogP contribution in [0.3, 0.4) is 0 Å². The van der Waals surface area contributed by atoms with Crippen LogP contribution in [-0.2, 0) is 0 Å². The number of fused-ring (bicyclic) bond motifs is 10. The normalized spacial score (nSPS) is 14.5. The van der Waals surface area contributed by atoms with Crippen LogP contribution in [-0.4, -0.2) is 19.5 Å². The number of allylic oxidation sites excluding steroid dienone is 4. The molecular formula is C49H30N4O2. The number of rotatable bonds is 4. The van der Waals surface area contributed by atoms with E-state index in [-0.39, 0.29) is 5.92 Å². The molecule has 4 aromatic heterocycles. The van der Waals surface area contributed by atoms with Gasteiger partial charge in [-0.1, -0.05) is 115 Å². The Labute approximate surface area is 314 Å². The van der Waals surface area contributed by atoms with Crippen LogP contribution in [0.4, 0.5) is 0 Å². The maximum absolute atomic E-state index is 6.57. The van der Waals surface area contributed by atoms with Crippen molar-refractivity contribution < 1.29 is 8.83 Å². The molecule has 4 heterocycles. The Morgan fingerprint density at radius 3 is 1.93 bits per heavy atom. The summed E-state index contributed by atoms with van der Waals surface area (Å²) < 4.78 is 15.3. The Hall–Kier alpha value is -7.31. The average molecular weight is 707 g/mol. The first kappa shape index (κ1) is 30.2. The molecule has 7 aromatic carbocycles. The third-order valence-electron chi connectivity index (χ3n) is 11.1. The molecule has 0 amide bonds. The van der Waals surface area contributed by atoms with E-state index in [1.165, 1.54) is 21.5 Å². The molecule has 0 aliphatic heterocycles. The van der Waals surface area contributed by atoms with Gasteiger partial charge in [0, 0.05) is 44.0 Å². The summed E-state index contributed by atoms with van der Waals surface area (Å²) in [5.41, 5.74) is 8.22. The lowest BCUT2D eigenvalue weighted by Crippen LogP contribution is -2.09. The molecular weight excluding hydrogens is 677 g/mol. The average Bonchev–Trinajstić information content (AvgIpc) is 3.92. The largest absolute Gasteiger partial charge is 0.456 e. The number of furan rings is 2. The summed E-state index contributed by atoms with van der Waals surface area (Å²) in [5, 5.41) is 8.79. The highest BCUT2D eigenvalue weighted by Crippen LogP contribution is 2.44. The maximum atomic E-state index is 6.57.